The van der Waals surface area contributed by atoms with E-state index in [1.165, 1.54) is 12.8 Å². The van der Waals surface area contributed by atoms with Gasteiger partial charge in [0, 0.05) is 22.2 Å². The molecule has 1 unspecified atom stereocenters. The summed E-state index contributed by atoms with van der Waals surface area (Å²) in [5.41, 5.74) is 3.32. The number of nitrogens with one attached hydrogen (secondary N) is 1. The van der Waals surface area contributed by atoms with Crippen LogP contribution in [0.5, 0.6) is 0 Å². The number of benzene rings is 2. The van der Waals surface area contributed by atoms with Crippen LogP contribution in [0.25, 0.3) is 11.4 Å². The van der Waals surface area contributed by atoms with Gasteiger partial charge in [0.2, 0.25) is 0 Å². The van der Waals surface area contributed by atoms with Gasteiger partial charge in [0.05, 0.1) is 0 Å². The minimum atomic E-state index is -0.0582. The number of para-hydroxylation sites is 1. The molecule has 1 aromatic heterocycles. The van der Waals surface area contributed by atoms with Crippen LogP contribution in [0.15, 0.2) is 48.5 Å². The number of halogens is 1. The van der Waals surface area contributed by atoms with Crippen molar-refractivity contribution in [2.75, 3.05) is 5.32 Å². The van der Waals surface area contributed by atoms with Gasteiger partial charge in [0.1, 0.15) is 6.17 Å². The highest BCUT2D eigenvalue weighted by atomic mass is 35.5. The van der Waals surface area contributed by atoms with E-state index in [-0.39, 0.29) is 6.17 Å². The van der Waals surface area contributed by atoms with Crippen molar-refractivity contribution in [2.45, 2.75) is 24.9 Å². The standard InChI is InChI=1S/C18H15ClN4/c19-13-9-7-12(8-10-13)17-20-15-4-2-1-3-14(15)18-21-16(11-5-6-11)22-23(17)18/h1-4,7-11,17,20H,5-6H2. The zero-order valence-electron chi connectivity index (χ0n) is 12.4. The van der Waals surface area contributed by atoms with Crippen LogP contribution in [-0.4, -0.2) is 14.8 Å². The largest absolute Gasteiger partial charge is 0.359 e. The third-order valence-electron chi connectivity index (χ3n) is 4.48. The van der Waals surface area contributed by atoms with Gasteiger partial charge in [-0.3, -0.25) is 0 Å². The lowest BCUT2D eigenvalue weighted by atomic mass is 10.1. The first kappa shape index (κ1) is 13.1. The van der Waals surface area contributed by atoms with Crippen LogP contribution in [0.4, 0.5) is 5.69 Å². The van der Waals surface area contributed by atoms with Gasteiger partial charge in [0.25, 0.3) is 0 Å². The Bertz CT molecular complexity index is 880. The number of hydrogen-bond donors (Lipinski definition) is 1. The second-order valence-corrected chi connectivity index (χ2v) is 6.59. The van der Waals surface area contributed by atoms with E-state index in [1.54, 1.807) is 0 Å². The summed E-state index contributed by atoms with van der Waals surface area (Å²) >= 11 is 6.03. The van der Waals surface area contributed by atoms with Crippen LogP contribution in [0, 0.1) is 0 Å². The molecular weight excluding hydrogens is 308 g/mol. The third kappa shape index (κ3) is 2.13. The van der Waals surface area contributed by atoms with Crippen molar-refractivity contribution in [2.24, 2.45) is 0 Å². The quantitative estimate of drug-likeness (QED) is 0.758. The average molecular weight is 323 g/mol. The van der Waals surface area contributed by atoms with Crippen molar-refractivity contribution >= 4 is 17.3 Å². The van der Waals surface area contributed by atoms with E-state index >= 15 is 0 Å². The Morgan fingerprint density at radius 1 is 1.04 bits per heavy atom. The molecule has 0 bridgehead atoms. The van der Waals surface area contributed by atoms with E-state index in [4.69, 9.17) is 21.7 Å². The maximum atomic E-state index is 6.03. The summed E-state index contributed by atoms with van der Waals surface area (Å²) in [7, 11) is 0. The van der Waals surface area contributed by atoms with Gasteiger partial charge in [-0.15, -0.1) is 0 Å². The Hall–Kier alpha value is -2.33. The van der Waals surface area contributed by atoms with Gasteiger partial charge in [-0.1, -0.05) is 35.9 Å². The smallest absolute Gasteiger partial charge is 0.163 e. The first-order chi connectivity index (χ1) is 11.3. The molecule has 0 amide bonds. The van der Waals surface area contributed by atoms with E-state index < -0.39 is 0 Å². The minimum Gasteiger partial charge on any atom is -0.359 e. The van der Waals surface area contributed by atoms with E-state index in [2.05, 4.69) is 17.4 Å². The molecule has 5 rings (SSSR count). The van der Waals surface area contributed by atoms with Crippen LogP contribution < -0.4 is 5.32 Å². The summed E-state index contributed by atoms with van der Waals surface area (Å²) in [5.74, 6) is 2.45. The lowest BCUT2D eigenvalue weighted by Crippen LogP contribution is -2.25. The SMILES string of the molecule is Clc1ccc(C2Nc3ccccc3-c3nc(C4CC4)nn32)cc1. The molecule has 1 aliphatic heterocycles. The van der Waals surface area contributed by atoms with Gasteiger partial charge >= 0.3 is 0 Å². The second kappa shape index (κ2) is 4.83. The molecular formula is C18H15ClN4. The lowest BCUT2D eigenvalue weighted by molar-refractivity contribution is 0.567. The van der Waals surface area contributed by atoms with E-state index in [1.807, 2.05) is 41.1 Å². The second-order valence-electron chi connectivity index (χ2n) is 6.16. The van der Waals surface area contributed by atoms with Crippen molar-refractivity contribution in [1.29, 1.82) is 0 Å². The van der Waals surface area contributed by atoms with Crippen LogP contribution in [0.1, 0.15) is 36.3 Å². The zero-order chi connectivity index (χ0) is 15.4. The molecule has 23 heavy (non-hydrogen) atoms. The number of rotatable bonds is 2. The topological polar surface area (TPSA) is 42.7 Å². The fourth-order valence-corrected chi connectivity index (χ4v) is 3.23. The Morgan fingerprint density at radius 2 is 1.83 bits per heavy atom. The molecule has 3 aromatic rings. The highest BCUT2D eigenvalue weighted by Gasteiger charge is 2.33. The van der Waals surface area contributed by atoms with Crippen molar-refractivity contribution in [3.63, 3.8) is 0 Å². The summed E-state index contributed by atoms with van der Waals surface area (Å²) in [6, 6.07) is 16.2. The molecule has 114 valence electrons. The molecule has 1 fully saturated rings. The number of aromatic nitrogens is 3. The Labute approximate surface area is 139 Å². The Kier molecular flexibility index (Phi) is 2.76. The van der Waals surface area contributed by atoms with Gasteiger partial charge in [-0.05, 0) is 42.7 Å². The molecule has 0 saturated heterocycles. The number of anilines is 1. The lowest BCUT2D eigenvalue weighted by Gasteiger charge is -2.28. The van der Waals surface area contributed by atoms with Crippen molar-refractivity contribution in [3.05, 3.63) is 64.9 Å². The van der Waals surface area contributed by atoms with Crippen LogP contribution in [0.2, 0.25) is 5.02 Å². The maximum Gasteiger partial charge on any atom is 0.163 e. The predicted octanol–water partition coefficient (Wildman–Crippen LogP) is 4.45. The van der Waals surface area contributed by atoms with E-state index in [9.17, 15) is 0 Å². The fraction of sp³-hybridized carbons (Fsp3) is 0.222. The summed E-state index contributed by atoms with van der Waals surface area (Å²) in [5, 5.41) is 9.12. The van der Waals surface area contributed by atoms with Crippen LogP contribution in [0.3, 0.4) is 0 Å². The summed E-state index contributed by atoms with van der Waals surface area (Å²) in [4.78, 5) is 4.83. The van der Waals surface area contributed by atoms with Crippen molar-refractivity contribution < 1.29 is 0 Å². The number of nitrogens with zero attached hydrogens (tertiary/aromatic N) is 3. The summed E-state index contributed by atoms with van der Waals surface area (Å²) in [6.07, 6.45) is 2.34. The molecule has 0 spiro atoms. The average Bonchev–Trinajstić information content (AvgIpc) is 3.33. The molecule has 2 aliphatic rings. The molecule has 1 N–H and O–H groups in total. The number of hydrogen-bond acceptors (Lipinski definition) is 3. The maximum absolute atomic E-state index is 6.03. The van der Waals surface area contributed by atoms with Gasteiger partial charge in [0.15, 0.2) is 11.6 Å². The van der Waals surface area contributed by atoms with Crippen molar-refractivity contribution in [1.82, 2.24) is 14.8 Å². The zero-order valence-corrected chi connectivity index (χ0v) is 13.2. The molecule has 1 atom stereocenters. The van der Waals surface area contributed by atoms with Gasteiger partial charge in [-0.2, -0.15) is 5.10 Å². The Morgan fingerprint density at radius 3 is 2.61 bits per heavy atom. The van der Waals surface area contributed by atoms with Crippen LogP contribution >= 0.6 is 11.6 Å². The first-order valence-corrected chi connectivity index (χ1v) is 8.25. The normalized spacial score (nSPS) is 18.9. The molecule has 2 heterocycles. The third-order valence-corrected chi connectivity index (χ3v) is 4.73. The highest BCUT2D eigenvalue weighted by molar-refractivity contribution is 6.30. The molecule has 5 heteroatoms. The molecule has 1 aliphatic carbocycles. The summed E-state index contributed by atoms with van der Waals surface area (Å²) in [6.45, 7) is 0. The van der Waals surface area contributed by atoms with Gasteiger partial charge in [-0.25, -0.2) is 9.67 Å². The molecule has 4 nitrogen and oxygen atoms in total. The first-order valence-electron chi connectivity index (χ1n) is 7.87. The monoisotopic (exact) mass is 322 g/mol. The van der Waals surface area contributed by atoms with E-state index in [0.29, 0.717) is 5.92 Å². The minimum absolute atomic E-state index is 0.0582. The highest BCUT2D eigenvalue weighted by Crippen LogP contribution is 2.42. The van der Waals surface area contributed by atoms with Crippen LogP contribution in [-0.2, 0) is 0 Å². The molecule has 1 saturated carbocycles. The molecule has 0 radical (unpaired) electrons. The predicted molar refractivity (Wildman–Crippen MR) is 90.6 cm³/mol. The number of fused-ring (bicyclic) bond motifs is 3. The van der Waals surface area contributed by atoms with E-state index in [0.717, 1.165) is 33.5 Å². The van der Waals surface area contributed by atoms with Gasteiger partial charge < -0.3 is 5.32 Å². The Balaban J connectivity index is 1.68. The summed E-state index contributed by atoms with van der Waals surface area (Å²) < 4.78 is 2.01. The van der Waals surface area contributed by atoms with Crippen molar-refractivity contribution in [3.8, 4) is 11.4 Å². The molecule has 2 aromatic carbocycles. The fourth-order valence-electron chi connectivity index (χ4n) is 3.10.